The minimum atomic E-state index is 0.626. The van der Waals surface area contributed by atoms with Crippen molar-refractivity contribution in [2.45, 2.75) is 17.6 Å². The van der Waals surface area contributed by atoms with E-state index in [4.69, 9.17) is 10.3 Å². The second kappa shape index (κ2) is 4.35. The zero-order valence-electron chi connectivity index (χ0n) is 8.30. The third-order valence-electron chi connectivity index (χ3n) is 1.84. The Labute approximate surface area is 91.9 Å². The van der Waals surface area contributed by atoms with Gasteiger partial charge in [-0.3, -0.25) is 0 Å². The van der Waals surface area contributed by atoms with E-state index in [0.717, 1.165) is 10.6 Å². The average molecular weight is 221 g/mol. The lowest BCUT2D eigenvalue weighted by Gasteiger charge is -2.01. The summed E-state index contributed by atoms with van der Waals surface area (Å²) in [5.41, 5.74) is 6.58. The van der Waals surface area contributed by atoms with Crippen LogP contribution in [-0.2, 0) is 5.75 Å². The van der Waals surface area contributed by atoms with E-state index in [-0.39, 0.29) is 0 Å². The van der Waals surface area contributed by atoms with Gasteiger partial charge in [0, 0.05) is 10.6 Å². The zero-order chi connectivity index (χ0) is 10.7. The Morgan fingerprint density at radius 1 is 1.40 bits per heavy atom. The van der Waals surface area contributed by atoms with Gasteiger partial charge in [0.15, 0.2) is 5.82 Å². The Hall–Kier alpha value is -1.49. The number of nitrogen functional groups attached to an aromatic ring is 1. The molecule has 1 heterocycles. The Bertz CT molecular complexity index is 455. The van der Waals surface area contributed by atoms with Crippen LogP contribution in [0.5, 0.6) is 0 Å². The SMILES string of the molecule is Cc1noc(CSc2ccccc2N)n1. The maximum Gasteiger partial charge on any atom is 0.236 e. The number of para-hydroxylation sites is 1. The maximum absolute atomic E-state index is 5.80. The van der Waals surface area contributed by atoms with Crippen molar-refractivity contribution in [3.8, 4) is 0 Å². The first kappa shape index (κ1) is 10.0. The van der Waals surface area contributed by atoms with Gasteiger partial charge in [0.05, 0.1) is 5.75 Å². The number of aryl methyl sites for hydroxylation is 1. The third kappa shape index (κ3) is 2.50. The van der Waals surface area contributed by atoms with E-state index < -0.39 is 0 Å². The normalized spacial score (nSPS) is 10.5. The standard InChI is InChI=1S/C10H11N3OS/c1-7-12-10(14-13-7)6-15-9-5-3-2-4-8(9)11/h2-5H,6,11H2,1H3. The topological polar surface area (TPSA) is 64.9 Å². The van der Waals surface area contributed by atoms with Crippen LogP contribution in [0, 0.1) is 6.92 Å². The molecule has 2 rings (SSSR count). The van der Waals surface area contributed by atoms with Crippen molar-refractivity contribution in [2.24, 2.45) is 0 Å². The summed E-state index contributed by atoms with van der Waals surface area (Å²) < 4.78 is 5.00. The first-order valence-electron chi connectivity index (χ1n) is 4.52. The number of aromatic nitrogens is 2. The zero-order valence-corrected chi connectivity index (χ0v) is 9.12. The van der Waals surface area contributed by atoms with Crippen LogP contribution in [0.4, 0.5) is 5.69 Å². The van der Waals surface area contributed by atoms with E-state index in [1.807, 2.05) is 24.3 Å². The first-order chi connectivity index (χ1) is 7.25. The molecule has 1 aromatic carbocycles. The van der Waals surface area contributed by atoms with Crippen molar-refractivity contribution in [3.05, 3.63) is 36.0 Å². The summed E-state index contributed by atoms with van der Waals surface area (Å²) in [4.78, 5) is 5.15. The van der Waals surface area contributed by atoms with Gasteiger partial charge in [0.1, 0.15) is 0 Å². The van der Waals surface area contributed by atoms with E-state index in [0.29, 0.717) is 17.5 Å². The Morgan fingerprint density at radius 3 is 2.87 bits per heavy atom. The number of hydrogen-bond acceptors (Lipinski definition) is 5. The predicted octanol–water partition coefficient (Wildman–Crippen LogP) is 2.25. The molecule has 2 N–H and O–H groups in total. The quantitative estimate of drug-likeness (QED) is 0.636. The maximum atomic E-state index is 5.80. The van der Waals surface area contributed by atoms with E-state index in [2.05, 4.69) is 10.1 Å². The summed E-state index contributed by atoms with van der Waals surface area (Å²) in [6.07, 6.45) is 0. The minimum absolute atomic E-state index is 0.626. The molecule has 0 radical (unpaired) electrons. The Kier molecular flexibility index (Phi) is 2.91. The van der Waals surface area contributed by atoms with Crippen molar-refractivity contribution in [3.63, 3.8) is 0 Å². The van der Waals surface area contributed by atoms with Gasteiger partial charge >= 0.3 is 0 Å². The molecule has 5 heteroatoms. The predicted molar refractivity (Wildman–Crippen MR) is 59.5 cm³/mol. The van der Waals surface area contributed by atoms with Gasteiger partial charge in [-0.25, -0.2) is 0 Å². The van der Waals surface area contributed by atoms with E-state index in [9.17, 15) is 0 Å². The second-order valence-electron chi connectivity index (χ2n) is 3.06. The number of nitrogens with two attached hydrogens (primary N) is 1. The monoisotopic (exact) mass is 221 g/mol. The molecule has 1 aromatic heterocycles. The van der Waals surface area contributed by atoms with E-state index in [1.165, 1.54) is 0 Å². The van der Waals surface area contributed by atoms with Crippen molar-refractivity contribution < 1.29 is 4.52 Å². The summed E-state index contributed by atoms with van der Waals surface area (Å²) >= 11 is 1.59. The molecule has 0 spiro atoms. The second-order valence-corrected chi connectivity index (χ2v) is 4.08. The van der Waals surface area contributed by atoms with Crippen LogP contribution in [0.3, 0.4) is 0 Å². The molecule has 0 atom stereocenters. The smallest absolute Gasteiger partial charge is 0.236 e. The molecule has 0 unspecified atom stereocenters. The molecule has 0 aliphatic carbocycles. The van der Waals surface area contributed by atoms with E-state index in [1.54, 1.807) is 18.7 Å². The fraction of sp³-hybridized carbons (Fsp3) is 0.200. The molecule has 0 saturated carbocycles. The lowest BCUT2D eigenvalue weighted by atomic mass is 10.3. The summed E-state index contributed by atoms with van der Waals surface area (Å²) in [7, 11) is 0. The molecule has 0 aliphatic heterocycles. The summed E-state index contributed by atoms with van der Waals surface area (Å²) in [5, 5.41) is 3.72. The fourth-order valence-corrected chi connectivity index (χ4v) is 1.96. The molecule has 0 aliphatic rings. The van der Waals surface area contributed by atoms with Crippen LogP contribution in [0.25, 0.3) is 0 Å². The number of rotatable bonds is 3. The number of hydrogen-bond donors (Lipinski definition) is 1. The van der Waals surface area contributed by atoms with E-state index >= 15 is 0 Å². The average Bonchev–Trinajstić information content (AvgIpc) is 2.63. The Morgan fingerprint density at radius 2 is 2.20 bits per heavy atom. The van der Waals surface area contributed by atoms with Crippen LogP contribution in [0.15, 0.2) is 33.7 Å². The van der Waals surface area contributed by atoms with Crippen LogP contribution in [0.2, 0.25) is 0 Å². The highest BCUT2D eigenvalue weighted by atomic mass is 32.2. The highest BCUT2D eigenvalue weighted by Gasteiger charge is 2.04. The molecular weight excluding hydrogens is 210 g/mol. The van der Waals surface area contributed by atoms with Gasteiger partial charge in [-0.05, 0) is 19.1 Å². The van der Waals surface area contributed by atoms with Gasteiger partial charge in [-0.15, -0.1) is 11.8 Å². The van der Waals surface area contributed by atoms with Gasteiger partial charge in [0.25, 0.3) is 0 Å². The molecular formula is C10H11N3OS. The molecule has 0 amide bonds. The molecule has 15 heavy (non-hydrogen) atoms. The third-order valence-corrected chi connectivity index (χ3v) is 2.91. The molecule has 0 bridgehead atoms. The summed E-state index contributed by atoms with van der Waals surface area (Å²) in [6, 6.07) is 7.72. The van der Waals surface area contributed by atoms with Crippen molar-refractivity contribution >= 4 is 17.4 Å². The van der Waals surface area contributed by atoms with Crippen LogP contribution in [-0.4, -0.2) is 10.1 Å². The summed E-state index contributed by atoms with van der Waals surface area (Å²) in [6.45, 7) is 1.80. The molecule has 0 saturated heterocycles. The number of anilines is 1. The van der Waals surface area contributed by atoms with Gasteiger partial charge in [-0.2, -0.15) is 4.98 Å². The van der Waals surface area contributed by atoms with Crippen molar-refractivity contribution in [1.29, 1.82) is 0 Å². The van der Waals surface area contributed by atoms with Gasteiger partial charge in [0.2, 0.25) is 5.89 Å². The lowest BCUT2D eigenvalue weighted by molar-refractivity contribution is 0.387. The van der Waals surface area contributed by atoms with Crippen LogP contribution >= 0.6 is 11.8 Å². The number of nitrogens with zero attached hydrogens (tertiary/aromatic N) is 2. The fourth-order valence-electron chi connectivity index (χ4n) is 1.15. The summed E-state index contributed by atoms with van der Waals surface area (Å²) in [5.74, 6) is 1.93. The van der Waals surface area contributed by atoms with Crippen LogP contribution in [0.1, 0.15) is 11.7 Å². The Balaban J connectivity index is 2.02. The number of benzene rings is 1. The van der Waals surface area contributed by atoms with Crippen molar-refractivity contribution in [2.75, 3.05) is 5.73 Å². The van der Waals surface area contributed by atoms with Gasteiger partial charge in [-0.1, -0.05) is 17.3 Å². The molecule has 78 valence electrons. The van der Waals surface area contributed by atoms with Gasteiger partial charge < -0.3 is 10.3 Å². The molecule has 2 aromatic rings. The lowest BCUT2D eigenvalue weighted by Crippen LogP contribution is -1.88. The van der Waals surface area contributed by atoms with Crippen molar-refractivity contribution in [1.82, 2.24) is 10.1 Å². The largest absolute Gasteiger partial charge is 0.398 e. The van der Waals surface area contributed by atoms with Crippen LogP contribution < -0.4 is 5.73 Å². The molecule has 4 nitrogen and oxygen atoms in total. The first-order valence-corrected chi connectivity index (χ1v) is 5.51. The minimum Gasteiger partial charge on any atom is -0.398 e. The number of thioether (sulfide) groups is 1. The molecule has 0 fully saturated rings. The highest BCUT2D eigenvalue weighted by Crippen LogP contribution is 2.26. The highest BCUT2D eigenvalue weighted by molar-refractivity contribution is 7.98.